The van der Waals surface area contributed by atoms with Gasteiger partial charge in [0.15, 0.2) is 0 Å². The highest BCUT2D eigenvalue weighted by molar-refractivity contribution is 7.89. The quantitative estimate of drug-likeness (QED) is 0.755. The normalized spacial score (nSPS) is 11.4. The van der Waals surface area contributed by atoms with Gasteiger partial charge in [-0.15, -0.1) is 0 Å². The van der Waals surface area contributed by atoms with Gasteiger partial charge in [-0.3, -0.25) is 4.79 Å². The predicted molar refractivity (Wildman–Crippen MR) is 95.7 cm³/mol. The van der Waals surface area contributed by atoms with Crippen molar-refractivity contribution < 1.29 is 17.9 Å². The lowest BCUT2D eigenvalue weighted by atomic mass is 10.2. The number of methoxy groups -OCH3 is 1. The van der Waals surface area contributed by atoms with E-state index in [1.807, 2.05) is 24.3 Å². The molecular formula is C18H22N2O4S. The standard InChI is InChI=1S/C18H22N2O4S/c1-19(13-15-9-11-16(24-3)12-10-15)18(21)14-20(2)25(22,23)17-7-5-4-6-8-17/h4-12H,13-14H2,1-3H3. The van der Waals surface area contributed by atoms with E-state index in [9.17, 15) is 13.2 Å². The van der Waals surface area contributed by atoms with Gasteiger partial charge in [-0.25, -0.2) is 8.42 Å². The number of hydrogen-bond acceptors (Lipinski definition) is 4. The van der Waals surface area contributed by atoms with Crippen molar-refractivity contribution in [2.24, 2.45) is 0 Å². The molecule has 0 aliphatic heterocycles. The van der Waals surface area contributed by atoms with Crippen LogP contribution in [0.4, 0.5) is 0 Å². The first-order valence-corrected chi connectivity index (χ1v) is 9.17. The first kappa shape index (κ1) is 19.0. The van der Waals surface area contributed by atoms with Gasteiger partial charge in [-0.1, -0.05) is 30.3 Å². The monoisotopic (exact) mass is 362 g/mol. The third-order valence-electron chi connectivity index (χ3n) is 3.81. The maximum Gasteiger partial charge on any atom is 0.243 e. The third-order valence-corrected chi connectivity index (χ3v) is 5.63. The Labute approximate surface area is 148 Å². The van der Waals surface area contributed by atoms with Crippen LogP contribution in [0.1, 0.15) is 5.56 Å². The average Bonchev–Trinajstić information content (AvgIpc) is 2.62. The van der Waals surface area contributed by atoms with Gasteiger partial charge in [0.25, 0.3) is 0 Å². The van der Waals surface area contributed by atoms with Crippen molar-refractivity contribution in [3.05, 3.63) is 60.2 Å². The molecule has 0 N–H and O–H groups in total. The summed E-state index contributed by atoms with van der Waals surface area (Å²) >= 11 is 0. The SMILES string of the molecule is COc1ccc(CN(C)C(=O)CN(C)S(=O)(=O)c2ccccc2)cc1. The Bertz CT molecular complexity index is 805. The molecule has 7 heteroatoms. The molecule has 134 valence electrons. The highest BCUT2D eigenvalue weighted by Gasteiger charge is 2.24. The van der Waals surface area contributed by atoms with Crippen LogP contribution < -0.4 is 4.74 Å². The number of nitrogens with zero attached hydrogens (tertiary/aromatic N) is 2. The molecule has 0 aliphatic carbocycles. The average molecular weight is 362 g/mol. The van der Waals surface area contributed by atoms with Gasteiger partial charge >= 0.3 is 0 Å². The van der Waals surface area contributed by atoms with E-state index in [-0.39, 0.29) is 17.3 Å². The first-order chi connectivity index (χ1) is 11.8. The van der Waals surface area contributed by atoms with Gasteiger partial charge in [0.05, 0.1) is 18.6 Å². The highest BCUT2D eigenvalue weighted by atomic mass is 32.2. The molecule has 0 spiro atoms. The second-order valence-electron chi connectivity index (χ2n) is 5.67. The lowest BCUT2D eigenvalue weighted by Gasteiger charge is -2.22. The number of carbonyl (C=O) groups excluding carboxylic acids is 1. The van der Waals surface area contributed by atoms with Crippen molar-refractivity contribution in [3.8, 4) is 5.75 Å². The van der Waals surface area contributed by atoms with Crippen molar-refractivity contribution >= 4 is 15.9 Å². The van der Waals surface area contributed by atoms with Crippen LogP contribution in [0.25, 0.3) is 0 Å². The zero-order chi connectivity index (χ0) is 18.4. The Kier molecular flexibility index (Phi) is 6.17. The Morgan fingerprint density at radius 1 is 1.00 bits per heavy atom. The van der Waals surface area contributed by atoms with Crippen molar-refractivity contribution in [1.29, 1.82) is 0 Å². The molecule has 25 heavy (non-hydrogen) atoms. The Hall–Kier alpha value is -2.38. The molecule has 0 bridgehead atoms. The predicted octanol–water partition coefficient (Wildman–Crippen LogP) is 1.97. The fraction of sp³-hybridized carbons (Fsp3) is 0.278. The molecule has 1 amide bonds. The van der Waals surface area contributed by atoms with E-state index in [0.717, 1.165) is 15.6 Å². The van der Waals surface area contributed by atoms with E-state index >= 15 is 0 Å². The van der Waals surface area contributed by atoms with Crippen LogP contribution in [-0.2, 0) is 21.4 Å². The Morgan fingerprint density at radius 3 is 2.16 bits per heavy atom. The molecule has 2 rings (SSSR count). The Balaban J connectivity index is 2.00. The molecule has 0 atom stereocenters. The summed E-state index contributed by atoms with van der Waals surface area (Å²) in [5.41, 5.74) is 0.935. The van der Waals surface area contributed by atoms with Crippen molar-refractivity contribution in [3.63, 3.8) is 0 Å². The van der Waals surface area contributed by atoms with Crippen LogP contribution >= 0.6 is 0 Å². The smallest absolute Gasteiger partial charge is 0.243 e. The second-order valence-corrected chi connectivity index (χ2v) is 7.72. The minimum Gasteiger partial charge on any atom is -0.497 e. The summed E-state index contributed by atoms with van der Waals surface area (Å²) in [7, 11) is 0.963. The van der Waals surface area contributed by atoms with Gasteiger partial charge < -0.3 is 9.64 Å². The Morgan fingerprint density at radius 2 is 1.60 bits per heavy atom. The fourth-order valence-electron chi connectivity index (χ4n) is 2.26. The van der Waals surface area contributed by atoms with Crippen molar-refractivity contribution in [2.45, 2.75) is 11.4 Å². The maximum atomic E-state index is 12.5. The summed E-state index contributed by atoms with van der Waals surface area (Å²) in [4.78, 5) is 14.0. The summed E-state index contributed by atoms with van der Waals surface area (Å²) in [5.74, 6) is 0.462. The number of sulfonamides is 1. The number of likely N-dealkylation sites (N-methyl/N-ethyl adjacent to an activating group) is 2. The molecule has 0 aliphatic rings. The van der Waals surface area contributed by atoms with E-state index in [1.165, 1.54) is 24.1 Å². The van der Waals surface area contributed by atoms with Crippen LogP contribution in [0.2, 0.25) is 0 Å². The lowest BCUT2D eigenvalue weighted by Crippen LogP contribution is -2.39. The van der Waals surface area contributed by atoms with Crippen LogP contribution in [0.15, 0.2) is 59.5 Å². The van der Waals surface area contributed by atoms with Crippen LogP contribution in [0.3, 0.4) is 0 Å². The topological polar surface area (TPSA) is 66.9 Å². The molecule has 0 fully saturated rings. The third kappa shape index (κ3) is 4.80. The summed E-state index contributed by atoms with van der Waals surface area (Å²) < 4.78 is 31.1. The molecule has 2 aromatic rings. The number of carbonyl (C=O) groups is 1. The molecule has 0 unspecified atom stereocenters. The van der Waals surface area contributed by atoms with E-state index in [0.29, 0.717) is 6.54 Å². The number of amides is 1. The second kappa shape index (κ2) is 8.13. The first-order valence-electron chi connectivity index (χ1n) is 7.73. The zero-order valence-corrected chi connectivity index (χ0v) is 15.4. The molecule has 6 nitrogen and oxygen atoms in total. The van der Waals surface area contributed by atoms with Crippen LogP contribution in [0.5, 0.6) is 5.75 Å². The minimum absolute atomic E-state index is 0.170. The van der Waals surface area contributed by atoms with Crippen molar-refractivity contribution in [2.75, 3.05) is 27.7 Å². The maximum absolute atomic E-state index is 12.5. The van der Waals surface area contributed by atoms with E-state index < -0.39 is 10.0 Å². The van der Waals surface area contributed by atoms with Gasteiger partial charge in [0, 0.05) is 20.6 Å². The fourth-order valence-corrected chi connectivity index (χ4v) is 3.40. The van der Waals surface area contributed by atoms with Gasteiger partial charge in [-0.2, -0.15) is 4.31 Å². The van der Waals surface area contributed by atoms with Crippen molar-refractivity contribution in [1.82, 2.24) is 9.21 Å². The summed E-state index contributed by atoms with van der Waals surface area (Å²) in [6.45, 7) is 0.173. The van der Waals surface area contributed by atoms with Gasteiger partial charge in [0.2, 0.25) is 15.9 Å². The summed E-state index contributed by atoms with van der Waals surface area (Å²) in [6, 6.07) is 15.4. The number of hydrogen-bond donors (Lipinski definition) is 0. The largest absolute Gasteiger partial charge is 0.497 e. The number of benzene rings is 2. The van der Waals surface area contributed by atoms with Crippen LogP contribution in [0, 0.1) is 0 Å². The van der Waals surface area contributed by atoms with E-state index in [4.69, 9.17) is 4.74 Å². The lowest BCUT2D eigenvalue weighted by molar-refractivity contribution is -0.130. The molecule has 0 radical (unpaired) electrons. The van der Waals surface area contributed by atoms with E-state index in [2.05, 4.69) is 0 Å². The summed E-state index contributed by atoms with van der Waals surface area (Å²) in [5, 5.41) is 0. The zero-order valence-electron chi connectivity index (χ0n) is 14.5. The summed E-state index contributed by atoms with van der Waals surface area (Å²) in [6.07, 6.45) is 0. The molecular weight excluding hydrogens is 340 g/mol. The molecule has 0 saturated carbocycles. The minimum atomic E-state index is -3.68. The van der Waals surface area contributed by atoms with Gasteiger partial charge in [0.1, 0.15) is 5.75 Å². The number of ether oxygens (including phenoxy) is 1. The highest BCUT2D eigenvalue weighted by Crippen LogP contribution is 2.15. The molecule has 0 heterocycles. The van der Waals surface area contributed by atoms with E-state index in [1.54, 1.807) is 32.4 Å². The molecule has 0 aromatic heterocycles. The number of rotatable bonds is 7. The molecule has 2 aromatic carbocycles. The van der Waals surface area contributed by atoms with Gasteiger partial charge in [-0.05, 0) is 29.8 Å². The molecule has 0 saturated heterocycles. The van der Waals surface area contributed by atoms with Crippen LogP contribution in [-0.4, -0.2) is 51.3 Å².